The summed E-state index contributed by atoms with van der Waals surface area (Å²) in [6.45, 7) is 1.69. The molecular weight excluding hydrogens is 221 g/mol. The van der Waals surface area contributed by atoms with E-state index >= 15 is 0 Å². The quantitative estimate of drug-likeness (QED) is 0.855. The molecule has 2 N–H and O–H groups in total. The van der Waals surface area contributed by atoms with E-state index in [1.54, 1.807) is 19.1 Å². The van der Waals surface area contributed by atoms with Crippen LogP contribution in [0.1, 0.15) is 16.2 Å². The number of amides is 1. The number of nitrogens with zero attached hydrogens (tertiary/aromatic N) is 2. The fraction of sp³-hybridized carbons (Fsp3) is 0.0833. The SMILES string of the molecule is Cc1ncc(C(N)=O)c(-c2cccc(F)c2)n1. The molecule has 2 rings (SSSR count). The Kier molecular flexibility index (Phi) is 2.82. The van der Waals surface area contributed by atoms with E-state index in [0.29, 0.717) is 17.1 Å². The summed E-state index contributed by atoms with van der Waals surface area (Å²) >= 11 is 0. The first-order chi connectivity index (χ1) is 8.08. The lowest BCUT2D eigenvalue weighted by atomic mass is 10.1. The fourth-order valence-electron chi connectivity index (χ4n) is 1.51. The Labute approximate surface area is 97.3 Å². The number of rotatable bonds is 2. The van der Waals surface area contributed by atoms with Gasteiger partial charge in [0.05, 0.1) is 11.3 Å². The first kappa shape index (κ1) is 11.2. The lowest BCUT2D eigenvalue weighted by Gasteiger charge is -2.06. The molecule has 1 heterocycles. The van der Waals surface area contributed by atoms with Gasteiger partial charge in [0.1, 0.15) is 11.6 Å². The molecule has 0 aliphatic heterocycles. The molecule has 0 spiro atoms. The zero-order valence-electron chi connectivity index (χ0n) is 9.14. The highest BCUT2D eigenvalue weighted by Crippen LogP contribution is 2.21. The molecule has 0 atom stereocenters. The molecule has 17 heavy (non-hydrogen) atoms. The molecule has 0 unspecified atom stereocenters. The minimum absolute atomic E-state index is 0.182. The van der Waals surface area contributed by atoms with Crippen LogP contribution in [0.5, 0.6) is 0 Å². The summed E-state index contributed by atoms with van der Waals surface area (Å²) in [7, 11) is 0. The van der Waals surface area contributed by atoms with E-state index in [1.807, 2.05) is 0 Å². The largest absolute Gasteiger partial charge is 0.365 e. The van der Waals surface area contributed by atoms with Gasteiger partial charge in [-0.15, -0.1) is 0 Å². The van der Waals surface area contributed by atoms with Crippen LogP contribution >= 0.6 is 0 Å². The van der Waals surface area contributed by atoms with Gasteiger partial charge >= 0.3 is 0 Å². The summed E-state index contributed by atoms with van der Waals surface area (Å²) in [5.74, 6) is -0.535. The van der Waals surface area contributed by atoms with Crippen molar-refractivity contribution >= 4 is 5.91 Å². The maximum atomic E-state index is 13.1. The lowest BCUT2D eigenvalue weighted by molar-refractivity contribution is 0.1000. The predicted molar refractivity (Wildman–Crippen MR) is 60.7 cm³/mol. The molecule has 0 fully saturated rings. The van der Waals surface area contributed by atoms with Gasteiger partial charge < -0.3 is 5.73 Å². The number of benzene rings is 1. The van der Waals surface area contributed by atoms with Crippen molar-refractivity contribution in [2.45, 2.75) is 6.92 Å². The topological polar surface area (TPSA) is 68.9 Å². The van der Waals surface area contributed by atoms with Gasteiger partial charge in [-0.25, -0.2) is 14.4 Å². The fourth-order valence-corrected chi connectivity index (χ4v) is 1.51. The molecule has 2 aromatic rings. The number of aromatic nitrogens is 2. The maximum absolute atomic E-state index is 13.1. The van der Waals surface area contributed by atoms with Crippen LogP contribution in [-0.4, -0.2) is 15.9 Å². The Hall–Kier alpha value is -2.30. The zero-order chi connectivity index (χ0) is 12.4. The summed E-state index contributed by atoms with van der Waals surface area (Å²) in [5.41, 5.74) is 6.26. The van der Waals surface area contributed by atoms with E-state index in [-0.39, 0.29) is 5.56 Å². The van der Waals surface area contributed by atoms with Crippen molar-refractivity contribution in [1.29, 1.82) is 0 Å². The highest BCUT2D eigenvalue weighted by Gasteiger charge is 2.13. The van der Waals surface area contributed by atoms with Crippen LogP contribution in [0.4, 0.5) is 4.39 Å². The smallest absolute Gasteiger partial charge is 0.252 e. The molecule has 1 amide bonds. The molecule has 86 valence electrons. The average molecular weight is 231 g/mol. The highest BCUT2D eigenvalue weighted by molar-refractivity contribution is 5.98. The molecule has 5 heteroatoms. The molecule has 1 aromatic carbocycles. The second kappa shape index (κ2) is 4.29. The van der Waals surface area contributed by atoms with Crippen LogP contribution in [0, 0.1) is 12.7 Å². The van der Waals surface area contributed by atoms with Crippen LogP contribution < -0.4 is 5.73 Å². The van der Waals surface area contributed by atoms with Gasteiger partial charge in [0.15, 0.2) is 0 Å². The van der Waals surface area contributed by atoms with E-state index in [4.69, 9.17) is 5.73 Å². The minimum Gasteiger partial charge on any atom is -0.365 e. The number of halogens is 1. The van der Waals surface area contributed by atoms with Gasteiger partial charge in [0.25, 0.3) is 5.91 Å². The number of primary amides is 1. The van der Waals surface area contributed by atoms with Gasteiger partial charge in [0.2, 0.25) is 0 Å². The van der Waals surface area contributed by atoms with Crippen molar-refractivity contribution in [1.82, 2.24) is 9.97 Å². The summed E-state index contributed by atoms with van der Waals surface area (Å²) < 4.78 is 13.1. The highest BCUT2D eigenvalue weighted by atomic mass is 19.1. The van der Waals surface area contributed by atoms with Crippen LogP contribution in [0.3, 0.4) is 0 Å². The number of hydrogen-bond donors (Lipinski definition) is 1. The third kappa shape index (κ3) is 2.28. The summed E-state index contributed by atoms with van der Waals surface area (Å²) in [6, 6.07) is 5.83. The van der Waals surface area contributed by atoms with Gasteiger partial charge in [-0.3, -0.25) is 4.79 Å². The molecule has 0 saturated carbocycles. The molecule has 0 bridgehead atoms. The standard InChI is InChI=1S/C12H10FN3O/c1-7-15-6-10(12(14)17)11(16-7)8-3-2-4-9(13)5-8/h2-6H,1H3,(H2,14,17). The van der Waals surface area contributed by atoms with Crippen LogP contribution in [0.25, 0.3) is 11.3 Å². The average Bonchev–Trinajstić information content (AvgIpc) is 2.28. The second-order valence-corrected chi connectivity index (χ2v) is 3.55. The molecule has 4 nitrogen and oxygen atoms in total. The number of aryl methyl sites for hydroxylation is 1. The Balaban J connectivity index is 2.65. The first-order valence-electron chi connectivity index (χ1n) is 4.97. The third-order valence-electron chi connectivity index (χ3n) is 2.27. The van der Waals surface area contributed by atoms with Crippen molar-refractivity contribution in [2.24, 2.45) is 5.73 Å². The van der Waals surface area contributed by atoms with Crippen molar-refractivity contribution in [2.75, 3.05) is 0 Å². The van der Waals surface area contributed by atoms with Gasteiger partial charge in [-0.1, -0.05) is 12.1 Å². The van der Waals surface area contributed by atoms with Crippen LogP contribution in [0.2, 0.25) is 0 Å². The van der Waals surface area contributed by atoms with Gasteiger partial charge in [-0.05, 0) is 19.1 Å². The first-order valence-corrected chi connectivity index (χ1v) is 4.97. The molecule has 0 aliphatic carbocycles. The summed E-state index contributed by atoms with van der Waals surface area (Å²) in [5, 5.41) is 0. The van der Waals surface area contributed by atoms with Crippen molar-refractivity contribution in [3.8, 4) is 11.3 Å². The Bertz CT molecular complexity index is 584. The van der Waals surface area contributed by atoms with Crippen LogP contribution in [-0.2, 0) is 0 Å². The molecular formula is C12H10FN3O. The van der Waals surface area contributed by atoms with Crippen molar-refractivity contribution in [3.63, 3.8) is 0 Å². The summed E-state index contributed by atoms with van der Waals surface area (Å²) in [6.07, 6.45) is 1.35. The monoisotopic (exact) mass is 231 g/mol. The van der Waals surface area contributed by atoms with Crippen molar-refractivity contribution in [3.05, 3.63) is 47.7 Å². The molecule has 0 aliphatic rings. The van der Waals surface area contributed by atoms with E-state index in [0.717, 1.165) is 0 Å². The van der Waals surface area contributed by atoms with E-state index in [9.17, 15) is 9.18 Å². The molecule has 1 aromatic heterocycles. The predicted octanol–water partition coefficient (Wildman–Crippen LogP) is 1.69. The number of carbonyl (C=O) groups excluding carboxylic acids is 1. The number of carbonyl (C=O) groups is 1. The van der Waals surface area contributed by atoms with Crippen LogP contribution in [0.15, 0.2) is 30.5 Å². The van der Waals surface area contributed by atoms with E-state index in [1.165, 1.54) is 18.3 Å². The number of nitrogens with two attached hydrogens (primary N) is 1. The Morgan fingerprint density at radius 2 is 2.18 bits per heavy atom. The van der Waals surface area contributed by atoms with E-state index in [2.05, 4.69) is 9.97 Å². The lowest BCUT2D eigenvalue weighted by Crippen LogP contribution is -2.14. The third-order valence-corrected chi connectivity index (χ3v) is 2.27. The molecule has 0 radical (unpaired) electrons. The molecule has 0 saturated heterocycles. The second-order valence-electron chi connectivity index (χ2n) is 3.55. The van der Waals surface area contributed by atoms with Gasteiger partial charge in [-0.2, -0.15) is 0 Å². The van der Waals surface area contributed by atoms with Crippen molar-refractivity contribution < 1.29 is 9.18 Å². The zero-order valence-corrected chi connectivity index (χ0v) is 9.14. The normalized spacial score (nSPS) is 10.2. The summed E-state index contributed by atoms with van der Waals surface area (Å²) in [4.78, 5) is 19.3. The number of hydrogen-bond acceptors (Lipinski definition) is 3. The van der Waals surface area contributed by atoms with Gasteiger partial charge in [0, 0.05) is 11.8 Å². The maximum Gasteiger partial charge on any atom is 0.252 e. The van der Waals surface area contributed by atoms with E-state index < -0.39 is 11.7 Å². The Morgan fingerprint density at radius 3 is 2.82 bits per heavy atom. The minimum atomic E-state index is -0.635. The Morgan fingerprint density at radius 1 is 1.41 bits per heavy atom.